The van der Waals surface area contributed by atoms with Crippen molar-refractivity contribution in [3.8, 4) is 0 Å². The van der Waals surface area contributed by atoms with Crippen LogP contribution < -0.4 is 11.1 Å². The quantitative estimate of drug-likeness (QED) is 0.732. The minimum absolute atomic E-state index is 0.0709. The van der Waals surface area contributed by atoms with E-state index < -0.39 is 0 Å². The molecule has 0 saturated carbocycles. The highest BCUT2D eigenvalue weighted by Crippen LogP contribution is 2.07. The third-order valence-electron chi connectivity index (χ3n) is 2.70. The topological polar surface area (TPSA) is 68.0 Å². The second kappa shape index (κ2) is 7.76. The van der Waals surface area contributed by atoms with Gasteiger partial charge < -0.3 is 11.1 Å². The van der Waals surface area contributed by atoms with E-state index in [4.69, 9.17) is 18.0 Å². The SMILES string of the molecule is CCCC(C(=O)NCCc1ccncc1)C(N)=S. The summed E-state index contributed by atoms with van der Waals surface area (Å²) in [6.45, 7) is 2.60. The average molecular weight is 265 g/mol. The van der Waals surface area contributed by atoms with E-state index in [1.165, 1.54) is 0 Å². The van der Waals surface area contributed by atoms with Gasteiger partial charge in [0.2, 0.25) is 5.91 Å². The summed E-state index contributed by atoms with van der Waals surface area (Å²) in [6, 6.07) is 3.87. The second-order valence-electron chi connectivity index (χ2n) is 4.14. The van der Waals surface area contributed by atoms with Crippen molar-refractivity contribution in [3.63, 3.8) is 0 Å². The molecule has 1 aromatic rings. The highest BCUT2D eigenvalue weighted by molar-refractivity contribution is 7.80. The summed E-state index contributed by atoms with van der Waals surface area (Å²) in [5.41, 5.74) is 6.71. The van der Waals surface area contributed by atoms with Gasteiger partial charge in [-0.25, -0.2) is 0 Å². The monoisotopic (exact) mass is 265 g/mol. The lowest BCUT2D eigenvalue weighted by Crippen LogP contribution is -2.38. The summed E-state index contributed by atoms with van der Waals surface area (Å²) in [6.07, 6.45) is 5.86. The van der Waals surface area contributed by atoms with Gasteiger partial charge in [-0.1, -0.05) is 25.6 Å². The third-order valence-corrected chi connectivity index (χ3v) is 2.98. The molecule has 0 aromatic carbocycles. The number of amides is 1. The molecule has 3 N–H and O–H groups in total. The lowest BCUT2D eigenvalue weighted by Gasteiger charge is -2.14. The van der Waals surface area contributed by atoms with Crippen LogP contribution in [0.15, 0.2) is 24.5 Å². The summed E-state index contributed by atoms with van der Waals surface area (Å²) in [7, 11) is 0. The van der Waals surface area contributed by atoms with Crippen LogP contribution in [0, 0.1) is 5.92 Å². The largest absolute Gasteiger partial charge is 0.393 e. The van der Waals surface area contributed by atoms with Gasteiger partial charge in [0.25, 0.3) is 0 Å². The predicted molar refractivity (Wildman–Crippen MR) is 76.1 cm³/mol. The molecule has 0 aliphatic heterocycles. The van der Waals surface area contributed by atoms with Crippen LogP contribution >= 0.6 is 12.2 Å². The summed E-state index contributed by atoms with van der Waals surface area (Å²) in [4.78, 5) is 16.1. The Kier molecular flexibility index (Phi) is 6.28. The number of carbonyl (C=O) groups excluding carboxylic acids is 1. The molecule has 4 nitrogen and oxygen atoms in total. The highest BCUT2D eigenvalue weighted by atomic mass is 32.1. The fourth-order valence-electron chi connectivity index (χ4n) is 1.69. The predicted octanol–water partition coefficient (Wildman–Crippen LogP) is 1.44. The Labute approximate surface area is 113 Å². The number of aromatic nitrogens is 1. The number of thiocarbonyl (C=S) groups is 1. The molecule has 0 saturated heterocycles. The number of rotatable bonds is 7. The zero-order chi connectivity index (χ0) is 13.4. The van der Waals surface area contributed by atoms with E-state index in [2.05, 4.69) is 10.3 Å². The van der Waals surface area contributed by atoms with Gasteiger partial charge in [0.15, 0.2) is 0 Å². The Morgan fingerprint density at radius 2 is 2.17 bits per heavy atom. The zero-order valence-corrected chi connectivity index (χ0v) is 11.4. The average Bonchev–Trinajstić information content (AvgIpc) is 2.36. The first-order chi connectivity index (χ1) is 8.65. The molecule has 0 bridgehead atoms. The first kappa shape index (κ1) is 14.6. The lowest BCUT2D eigenvalue weighted by molar-refractivity contribution is -0.123. The van der Waals surface area contributed by atoms with Gasteiger partial charge in [0.1, 0.15) is 0 Å². The van der Waals surface area contributed by atoms with Crippen LogP contribution in [0.1, 0.15) is 25.3 Å². The molecule has 1 amide bonds. The van der Waals surface area contributed by atoms with Crippen molar-refractivity contribution in [3.05, 3.63) is 30.1 Å². The van der Waals surface area contributed by atoms with E-state index in [-0.39, 0.29) is 16.8 Å². The van der Waals surface area contributed by atoms with Crippen LogP contribution in [0.5, 0.6) is 0 Å². The Balaban J connectivity index is 2.38. The van der Waals surface area contributed by atoms with Gasteiger partial charge in [-0.15, -0.1) is 0 Å². The summed E-state index contributed by atoms with van der Waals surface area (Å²) >= 11 is 4.91. The van der Waals surface area contributed by atoms with Crippen molar-refractivity contribution in [2.45, 2.75) is 26.2 Å². The lowest BCUT2D eigenvalue weighted by atomic mass is 10.0. The fourth-order valence-corrected chi connectivity index (χ4v) is 1.92. The molecular weight excluding hydrogens is 246 g/mol. The van der Waals surface area contributed by atoms with Gasteiger partial charge >= 0.3 is 0 Å². The first-order valence-electron chi connectivity index (χ1n) is 6.11. The van der Waals surface area contributed by atoms with E-state index >= 15 is 0 Å². The van der Waals surface area contributed by atoms with Gasteiger partial charge in [0.05, 0.1) is 10.9 Å². The molecule has 0 spiro atoms. The molecule has 18 heavy (non-hydrogen) atoms. The van der Waals surface area contributed by atoms with Crippen LogP contribution in [0.2, 0.25) is 0 Å². The number of nitrogens with one attached hydrogen (secondary N) is 1. The van der Waals surface area contributed by atoms with Crippen LogP contribution in [0.4, 0.5) is 0 Å². The maximum Gasteiger partial charge on any atom is 0.229 e. The van der Waals surface area contributed by atoms with Crippen LogP contribution in [-0.2, 0) is 11.2 Å². The van der Waals surface area contributed by atoms with Crippen LogP contribution in [0.3, 0.4) is 0 Å². The van der Waals surface area contributed by atoms with Gasteiger partial charge in [-0.3, -0.25) is 9.78 Å². The van der Waals surface area contributed by atoms with Gasteiger partial charge in [0, 0.05) is 18.9 Å². The Bertz CT molecular complexity index is 394. The van der Waals surface area contributed by atoms with E-state index in [0.29, 0.717) is 13.0 Å². The molecule has 1 heterocycles. The Morgan fingerprint density at radius 1 is 1.50 bits per heavy atom. The van der Waals surface area contributed by atoms with Crippen LogP contribution in [-0.4, -0.2) is 22.4 Å². The van der Waals surface area contributed by atoms with E-state index in [0.717, 1.165) is 18.4 Å². The molecular formula is C13H19N3OS. The standard InChI is InChI=1S/C13H19N3OS/c1-2-3-11(12(14)18)13(17)16-9-6-10-4-7-15-8-5-10/h4-5,7-8,11H,2-3,6,9H2,1H3,(H2,14,18)(H,16,17). The molecule has 1 aromatic heterocycles. The highest BCUT2D eigenvalue weighted by Gasteiger charge is 2.19. The molecule has 1 rings (SSSR count). The van der Waals surface area contributed by atoms with Crippen molar-refractivity contribution in [1.82, 2.24) is 10.3 Å². The summed E-state index contributed by atoms with van der Waals surface area (Å²) in [5, 5.41) is 2.87. The van der Waals surface area contributed by atoms with E-state index in [1.807, 2.05) is 19.1 Å². The normalized spacial score (nSPS) is 11.8. The smallest absolute Gasteiger partial charge is 0.229 e. The molecule has 0 aliphatic rings. The maximum absolute atomic E-state index is 11.9. The zero-order valence-electron chi connectivity index (χ0n) is 10.6. The van der Waals surface area contributed by atoms with E-state index in [9.17, 15) is 4.79 Å². The Morgan fingerprint density at radius 3 is 2.72 bits per heavy atom. The molecule has 5 heteroatoms. The van der Waals surface area contributed by atoms with Gasteiger partial charge in [-0.2, -0.15) is 0 Å². The third kappa shape index (κ3) is 4.79. The van der Waals surface area contributed by atoms with E-state index in [1.54, 1.807) is 12.4 Å². The minimum Gasteiger partial charge on any atom is -0.393 e. The van der Waals surface area contributed by atoms with Gasteiger partial charge in [-0.05, 0) is 30.5 Å². The molecule has 1 unspecified atom stereocenters. The number of pyridine rings is 1. The molecule has 0 aliphatic carbocycles. The van der Waals surface area contributed by atoms with Crippen molar-refractivity contribution in [2.75, 3.05) is 6.54 Å². The van der Waals surface area contributed by atoms with Crippen LogP contribution in [0.25, 0.3) is 0 Å². The first-order valence-corrected chi connectivity index (χ1v) is 6.52. The number of nitrogens with zero attached hydrogens (tertiary/aromatic N) is 1. The van der Waals surface area contributed by atoms with Crippen molar-refractivity contribution in [1.29, 1.82) is 0 Å². The van der Waals surface area contributed by atoms with Crippen molar-refractivity contribution >= 4 is 23.1 Å². The molecule has 0 radical (unpaired) electrons. The Hall–Kier alpha value is -1.49. The number of nitrogens with two attached hydrogens (primary N) is 1. The summed E-state index contributed by atoms with van der Waals surface area (Å²) < 4.78 is 0. The maximum atomic E-state index is 11.9. The second-order valence-corrected chi connectivity index (χ2v) is 4.61. The minimum atomic E-state index is -0.345. The number of hydrogen-bond acceptors (Lipinski definition) is 3. The number of hydrogen-bond donors (Lipinski definition) is 2. The molecule has 0 fully saturated rings. The summed E-state index contributed by atoms with van der Waals surface area (Å²) in [5.74, 6) is -0.416. The number of carbonyl (C=O) groups is 1. The fraction of sp³-hybridized carbons (Fsp3) is 0.462. The molecule has 1 atom stereocenters. The van der Waals surface area contributed by atoms with Crippen molar-refractivity contribution in [2.24, 2.45) is 11.7 Å². The van der Waals surface area contributed by atoms with Crippen molar-refractivity contribution < 1.29 is 4.79 Å². The molecule has 98 valence electrons.